The van der Waals surface area contributed by atoms with Crippen LogP contribution in [0.3, 0.4) is 0 Å². The lowest BCUT2D eigenvalue weighted by molar-refractivity contribution is 1.25. The van der Waals surface area contributed by atoms with Crippen LogP contribution in [-0.4, -0.2) is 19.9 Å². The van der Waals surface area contributed by atoms with Gasteiger partial charge in [-0.05, 0) is 69.1 Å². The van der Waals surface area contributed by atoms with Crippen molar-refractivity contribution in [3.63, 3.8) is 0 Å². The standard InChI is InChI=1S/C36H20N6/c1-38-26-15-17-40-34(19-26)33-13-11-25(22-42-33)36-30-8-4-2-6-28(30)35(29-7-3-5-9-31(29)36)24-10-12-32(41-21-24)23-14-16-39-27(18-23)20-37/h2-19,21-22H. The van der Waals surface area contributed by atoms with E-state index in [4.69, 9.17) is 16.5 Å². The zero-order chi connectivity index (χ0) is 28.5. The number of pyridine rings is 4. The van der Waals surface area contributed by atoms with Gasteiger partial charge in [-0.3, -0.25) is 15.0 Å². The Hall–Kier alpha value is -6.24. The van der Waals surface area contributed by atoms with Crippen LogP contribution in [0, 0.1) is 17.9 Å². The van der Waals surface area contributed by atoms with Crippen LogP contribution in [0.5, 0.6) is 0 Å². The van der Waals surface area contributed by atoms with Gasteiger partial charge in [-0.1, -0.05) is 60.7 Å². The Labute approximate surface area is 242 Å². The molecule has 0 aliphatic carbocycles. The SMILES string of the molecule is [C-]#[N+]c1ccnc(-c2ccc(-c3c4ccccc4c(-c4ccc(-c5ccnc(C#N)c5)nc4)c4ccccc34)cn2)c1. The zero-order valence-electron chi connectivity index (χ0n) is 22.2. The second-order valence-electron chi connectivity index (χ2n) is 9.76. The van der Waals surface area contributed by atoms with E-state index >= 15 is 0 Å². The fourth-order valence-electron chi connectivity index (χ4n) is 5.44. The molecule has 0 atom stereocenters. The fraction of sp³-hybridized carbons (Fsp3) is 0. The average molecular weight is 537 g/mol. The lowest BCUT2D eigenvalue weighted by Gasteiger charge is -2.17. The van der Waals surface area contributed by atoms with Crippen LogP contribution < -0.4 is 0 Å². The highest BCUT2D eigenvalue weighted by molar-refractivity contribution is 6.21. The maximum absolute atomic E-state index is 9.24. The van der Waals surface area contributed by atoms with Crippen molar-refractivity contribution in [2.45, 2.75) is 0 Å². The van der Waals surface area contributed by atoms with E-state index in [0.717, 1.165) is 60.8 Å². The van der Waals surface area contributed by atoms with Crippen molar-refractivity contribution in [1.82, 2.24) is 19.9 Å². The molecule has 7 aromatic rings. The first-order chi connectivity index (χ1) is 20.7. The molecule has 0 fully saturated rings. The van der Waals surface area contributed by atoms with Crippen molar-refractivity contribution < 1.29 is 0 Å². The minimum atomic E-state index is 0.363. The summed E-state index contributed by atoms with van der Waals surface area (Å²) in [5.41, 5.74) is 8.15. The molecule has 0 N–H and O–H groups in total. The maximum Gasteiger partial charge on any atom is 0.190 e. The monoisotopic (exact) mass is 536 g/mol. The largest absolute Gasteiger partial charge is 0.257 e. The smallest absolute Gasteiger partial charge is 0.190 e. The third-order valence-electron chi connectivity index (χ3n) is 7.34. The third-order valence-corrected chi connectivity index (χ3v) is 7.34. The number of fused-ring (bicyclic) bond motifs is 2. The number of rotatable bonds is 4. The van der Waals surface area contributed by atoms with Gasteiger partial charge in [-0.25, -0.2) is 9.83 Å². The van der Waals surface area contributed by atoms with Gasteiger partial charge < -0.3 is 0 Å². The molecule has 0 radical (unpaired) electrons. The first kappa shape index (κ1) is 24.8. The van der Waals surface area contributed by atoms with Crippen LogP contribution in [0.15, 0.2) is 122 Å². The summed E-state index contributed by atoms with van der Waals surface area (Å²) in [7, 11) is 0. The Kier molecular flexibility index (Phi) is 6.13. The third kappa shape index (κ3) is 4.30. The molecule has 7 rings (SSSR count). The molecule has 6 nitrogen and oxygen atoms in total. The van der Waals surface area contributed by atoms with E-state index < -0.39 is 0 Å². The van der Waals surface area contributed by atoms with Gasteiger partial charge in [-0.15, -0.1) is 0 Å². The molecule has 4 aromatic heterocycles. The van der Waals surface area contributed by atoms with Gasteiger partial charge in [0.15, 0.2) is 5.69 Å². The highest BCUT2D eigenvalue weighted by atomic mass is 14.8. The Balaban J connectivity index is 1.38. The van der Waals surface area contributed by atoms with Gasteiger partial charge in [-0.2, -0.15) is 5.26 Å². The number of nitrogens with zero attached hydrogens (tertiary/aromatic N) is 6. The van der Waals surface area contributed by atoms with Crippen molar-refractivity contribution in [3.8, 4) is 51.0 Å². The van der Waals surface area contributed by atoms with Gasteiger partial charge >= 0.3 is 0 Å². The summed E-state index contributed by atoms with van der Waals surface area (Å²) in [5, 5.41) is 13.7. The molecule has 0 bridgehead atoms. The van der Waals surface area contributed by atoms with Crippen molar-refractivity contribution >= 4 is 27.2 Å². The summed E-state index contributed by atoms with van der Waals surface area (Å²) in [6.07, 6.45) is 7.05. The second-order valence-corrected chi connectivity index (χ2v) is 9.76. The summed E-state index contributed by atoms with van der Waals surface area (Å²) in [5.74, 6) is 0. The molecule has 194 valence electrons. The van der Waals surface area contributed by atoms with Gasteiger partial charge in [0, 0.05) is 41.5 Å². The Bertz CT molecular complexity index is 1990. The van der Waals surface area contributed by atoms with E-state index in [-0.39, 0.29) is 0 Å². The quantitative estimate of drug-likeness (QED) is 0.166. The van der Waals surface area contributed by atoms with Gasteiger partial charge in [0.05, 0.1) is 23.7 Å². The van der Waals surface area contributed by atoms with Crippen LogP contribution in [0.4, 0.5) is 5.69 Å². The summed E-state index contributed by atoms with van der Waals surface area (Å²) >= 11 is 0. The molecular formula is C36H20N6. The first-order valence-corrected chi connectivity index (χ1v) is 13.3. The molecule has 0 saturated heterocycles. The summed E-state index contributed by atoms with van der Waals surface area (Å²) < 4.78 is 0. The van der Waals surface area contributed by atoms with Crippen LogP contribution >= 0.6 is 0 Å². The molecule has 0 amide bonds. The number of aromatic nitrogens is 4. The maximum atomic E-state index is 9.24. The molecule has 4 heterocycles. The summed E-state index contributed by atoms with van der Waals surface area (Å²) in [6, 6.07) is 34.1. The Morgan fingerprint density at radius 2 is 1.12 bits per heavy atom. The molecule has 0 saturated carbocycles. The van der Waals surface area contributed by atoms with Crippen molar-refractivity contribution in [3.05, 3.63) is 139 Å². The predicted molar refractivity (Wildman–Crippen MR) is 165 cm³/mol. The van der Waals surface area contributed by atoms with E-state index in [1.165, 1.54) is 0 Å². The lowest BCUT2D eigenvalue weighted by Crippen LogP contribution is -1.93. The van der Waals surface area contributed by atoms with E-state index in [0.29, 0.717) is 17.1 Å². The molecule has 0 spiro atoms. The summed E-state index contributed by atoms with van der Waals surface area (Å²) in [4.78, 5) is 21.5. The van der Waals surface area contributed by atoms with Gasteiger partial charge in [0.1, 0.15) is 11.8 Å². The number of benzene rings is 3. The molecule has 42 heavy (non-hydrogen) atoms. The molecule has 6 heteroatoms. The average Bonchev–Trinajstić information content (AvgIpc) is 3.07. The molecular weight excluding hydrogens is 516 g/mol. The lowest BCUT2D eigenvalue weighted by atomic mass is 9.86. The van der Waals surface area contributed by atoms with Crippen LogP contribution in [0.1, 0.15) is 5.69 Å². The van der Waals surface area contributed by atoms with Crippen LogP contribution in [0.2, 0.25) is 0 Å². The Morgan fingerprint density at radius 3 is 1.64 bits per heavy atom. The summed E-state index contributed by atoms with van der Waals surface area (Å²) in [6.45, 7) is 7.31. The van der Waals surface area contributed by atoms with E-state index in [1.807, 2.05) is 30.6 Å². The van der Waals surface area contributed by atoms with Crippen molar-refractivity contribution in [2.75, 3.05) is 0 Å². The fourth-order valence-corrected chi connectivity index (χ4v) is 5.44. The van der Waals surface area contributed by atoms with Gasteiger partial charge in [0.25, 0.3) is 0 Å². The van der Waals surface area contributed by atoms with E-state index in [9.17, 15) is 5.26 Å². The van der Waals surface area contributed by atoms with Crippen molar-refractivity contribution in [2.24, 2.45) is 0 Å². The Morgan fingerprint density at radius 1 is 0.548 bits per heavy atom. The molecule has 0 unspecified atom stereocenters. The number of hydrogen-bond acceptors (Lipinski definition) is 5. The molecule has 0 aliphatic heterocycles. The first-order valence-electron chi connectivity index (χ1n) is 13.3. The number of nitriles is 1. The normalized spacial score (nSPS) is 10.8. The highest BCUT2D eigenvalue weighted by Crippen LogP contribution is 2.43. The highest BCUT2D eigenvalue weighted by Gasteiger charge is 2.17. The van der Waals surface area contributed by atoms with Crippen LogP contribution in [-0.2, 0) is 0 Å². The van der Waals surface area contributed by atoms with E-state index in [2.05, 4.69) is 81.5 Å². The zero-order valence-corrected chi connectivity index (χ0v) is 22.2. The minimum absolute atomic E-state index is 0.363. The molecule has 3 aromatic carbocycles. The van der Waals surface area contributed by atoms with E-state index in [1.54, 1.807) is 30.6 Å². The van der Waals surface area contributed by atoms with Crippen molar-refractivity contribution in [1.29, 1.82) is 5.26 Å². The topological polar surface area (TPSA) is 79.7 Å². The minimum Gasteiger partial charge on any atom is -0.257 e. The number of hydrogen-bond donors (Lipinski definition) is 0. The van der Waals surface area contributed by atoms with Crippen LogP contribution in [0.25, 0.3) is 71.3 Å². The second kappa shape index (κ2) is 10.4. The van der Waals surface area contributed by atoms with Gasteiger partial charge in [0.2, 0.25) is 0 Å². The predicted octanol–water partition coefficient (Wildman–Crippen LogP) is 8.66. The molecule has 0 aliphatic rings.